The van der Waals surface area contributed by atoms with Crippen LogP contribution in [0.25, 0.3) is 5.76 Å². The summed E-state index contributed by atoms with van der Waals surface area (Å²) in [7, 11) is 5.45. The predicted octanol–water partition coefficient (Wildman–Crippen LogP) is -0.165. The van der Waals surface area contributed by atoms with Gasteiger partial charge in [0, 0.05) is 11.1 Å². The Morgan fingerprint density at radius 2 is 1.84 bits per heavy atom. The maximum Gasteiger partial charge on any atom is 0.295 e. The molecule has 4 rings (SSSR count). The number of rotatable bonds is 6. The minimum absolute atomic E-state index is 0.0788. The molecule has 1 saturated heterocycles. The lowest BCUT2D eigenvalue weighted by Gasteiger charge is -2.29. The smallest absolute Gasteiger partial charge is 0.295 e. The number of hydrogen-bond donors (Lipinski definition) is 1. The third kappa shape index (κ3) is 3.89. The third-order valence-corrected chi connectivity index (χ3v) is 5.62. The fourth-order valence-electron chi connectivity index (χ4n) is 4.00. The van der Waals surface area contributed by atoms with Crippen LogP contribution >= 0.6 is 0 Å². The molecule has 0 spiro atoms. The summed E-state index contributed by atoms with van der Waals surface area (Å²) in [5.74, 6) is -0.465. The number of nitrogens with zero attached hydrogens (tertiary/aromatic N) is 1. The molecule has 2 aromatic carbocycles. The van der Waals surface area contributed by atoms with Crippen molar-refractivity contribution in [2.24, 2.45) is 0 Å². The van der Waals surface area contributed by atoms with Crippen LogP contribution < -0.4 is 24.2 Å². The first-order valence-corrected chi connectivity index (χ1v) is 10.5. The first kappa shape index (κ1) is 21.7. The molecule has 8 nitrogen and oxygen atoms in total. The number of likely N-dealkylation sites (N-methyl/N-ethyl adjacent to an activating group) is 1. The van der Waals surface area contributed by atoms with E-state index in [1.54, 1.807) is 42.5 Å². The topological polar surface area (TPSA) is 92.6 Å². The van der Waals surface area contributed by atoms with Gasteiger partial charge in [0.05, 0.1) is 40.3 Å². The van der Waals surface area contributed by atoms with E-state index < -0.39 is 23.5 Å². The molecule has 0 radical (unpaired) electrons. The number of benzene rings is 2. The Balaban J connectivity index is 1.85. The standard InChI is InChI=1S/C24H26N2O6/c1-25(2)10-11-26-21(16-6-4-5-7-17(16)30-3)20(23(28)24(26)29)22(27)15-8-9-18-19(14-15)32-13-12-31-18/h4-9,14,21,27H,10-13H2,1-3H3. The van der Waals surface area contributed by atoms with Gasteiger partial charge in [0.25, 0.3) is 5.91 Å². The van der Waals surface area contributed by atoms with Crippen molar-refractivity contribution in [3.63, 3.8) is 0 Å². The van der Waals surface area contributed by atoms with Crippen molar-refractivity contribution >= 4 is 17.4 Å². The highest BCUT2D eigenvalue weighted by Gasteiger charge is 2.45. The van der Waals surface area contributed by atoms with Crippen molar-refractivity contribution in [2.75, 3.05) is 47.5 Å². The molecule has 1 fully saturated rings. The van der Waals surface area contributed by atoms with E-state index in [2.05, 4.69) is 0 Å². The molecule has 0 saturated carbocycles. The molecule has 1 amide bonds. The highest BCUT2D eigenvalue weighted by molar-refractivity contribution is 6.46. The molecule has 2 aromatic rings. The number of methoxy groups -OCH3 is 1. The molecule has 1 N–H and O–H groups in total. The summed E-state index contributed by atoms with van der Waals surface area (Å²) in [5.41, 5.74) is 0.791. The van der Waals surface area contributed by atoms with Gasteiger partial charge in [-0.15, -0.1) is 0 Å². The van der Waals surface area contributed by atoms with E-state index in [1.165, 1.54) is 12.0 Å². The molecule has 1 unspecified atom stereocenters. The van der Waals surface area contributed by atoms with Gasteiger partial charge in [-0.2, -0.15) is 0 Å². The Morgan fingerprint density at radius 1 is 1.12 bits per heavy atom. The second kappa shape index (κ2) is 8.92. The predicted molar refractivity (Wildman–Crippen MR) is 114 cm³/mol. The minimum Gasteiger partial charge on any atom is -0.872 e. The second-order valence-electron chi connectivity index (χ2n) is 8.03. The Hall–Kier alpha value is -3.52. The number of amides is 1. The lowest BCUT2D eigenvalue weighted by Crippen LogP contribution is -3.06. The van der Waals surface area contributed by atoms with Gasteiger partial charge in [0.1, 0.15) is 19.0 Å². The van der Waals surface area contributed by atoms with Crippen LogP contribution in [0.4, 0.5) is 0 Å². The van der Waals surface area contributed by atoms with Gasteiger partial charge in [-0.1, -0.05) is 30.0 Å². The van der Waals surface area contributed by atoms with E-state index in [1.807, 2.05) is 14.1 Å². The van der Waals surface area contributed by atoms with E-state index in [0.717, 1.165) is 4.90 Å². The number of ether oxygens (including phenoxy) is 3. The number of carbonyl (C=O) groups is 2. The Kier molecular flexibility index (Phi) is 6.05. The molecule has 0 aromatic heterocycles. The van der Waals surface area contributed by atoms with E-state index in [-0.39, 0.29) is 11.1 Å². The lowest BCUT2D eigenvalue weighted by atomic mass is 9.94. The first-order valence-electron chi connectivity index (χ1n) is 10.5. The fourth-order valence-corrected chi connectivity index (χ4v) is 4.00. The van der Waals surface area contributed by atoms with E-state index in [0.29, 0.717) is 49.1 Å². The van der Waals surface area contributed by atoms with E-state index in [9.17, 15) is 14.7 Å². The number of quaternary nitrogens is 1. The highest BCUT2D eigenvalue weighted by atomic mass is 16.6. The Bertz CT molecular complexity index is 1080. The van der Waals surface area contributed by atoms with Gasteiger partial charge in [0.15, 0.2) is 11.5 Å². The number of ketones is 1. The average molecular weight is 438 g/mol. The van der Waals surface area contributed by atoms with Crippen molar-refractivity contribution < 1.29 is 33.8 Å². The minimum atomic E-state index is -0.828. The van der Waals surface area contributed by atoms with Crippen molar-refractivity contribution in [3.05, 3.63) is 59.2 Å². The van der Waals surface area contributed by atoms with Crippen LogP contribution in [0.2, 0.25) is 0 Å². The summed E-state index contributed by atoms with van der Waals surface area (Å²) in [6.45, 7) is 1.76. The molecule has 1 atom stereocenters. The van der Waals surface area contributed by atoms with Crippen LogP contribution in [0.1, 0.15) is 17.2 Å². The molecule has 32 heavy (non-hydrogen) atoms. The second-order valence-corrected chi connectivity index (χ2v) is 8.03. The van der Waals surface area contributed by atoms with Gasteiger partial charge in [-0.25, -0.2) is 0 Å². The normalized spacial score (nSPS) is 19.5. The summed E-state index contributed by atoms with van der Waals surface area (Å²) in [6.07, 6.45) is 0. The number of Topliss-reactive ketones (excluding diaryl/α,β-unsaturated/α-hetero) is 1. The van der Waals surface area contributed by atoms with Crippen molar-refractivity contribution in [1.29, 1.82) is 0 Å². The molecule has 8 heteroatoms. The number of likely N-dealkylation sites (tertiary alicyclic amines) is 1. The van der Waals surface area contributed by atoms with Crippen LogP contribution in [-0.2, 0) is 9.59 Å². The average Bonchev–Trinajstić information content (AvgIpc) is 3.06. The molecule has 168 valence electrons. The zero-order chi connectivity index (χ0) is 22.8. The molecule has 0 aliphatic carbocycles. The van der Waals surface area contributed by atoms with Crippen LogP contribution in [-0.4, -0.2) is 64.1 Å². The lowest BCUT2D eigenvalue weighted by molar-refractivity contribution is -0.857. The van der Waals surface area contributed by atoms with Crippen LogP contribution in [0.3, 0.4) is 0 Å². The third-order valence-electron chi connectivity index (χ3n) is 5.62. The molecule has 2 aliphatic heterocycles. The number of nitrogens with one attached hydrogen (secondary N) is 1. The van der Waals surface area contributed by atoms with Crippen molar-refractivity contribution in [3.8, 4) is 17.2 Å². The number of para-hydroxylation sites is 1. The summed E-state index contributed by atoms with van der Waals surface area (Å²) >= 11 is 0. The largest absolute Gasteiger partial charge is 0.872 e. The monoisotopic (exact) mass is 438 g/mol. The highest BCUT2D eigenvalue weighted by Crippen LogP contribution is 2.42. The molecule has 2 aliphatic rings. The van der Waals surface area contributed by atoms with Crippen molar-refractivity contribution in [1.82, 2.24) is 4.90 Å². The number of fused-ring (bicyclic) bond motifs is 1. The summed E-state index contributed by atoms with van der Waals surface area (Å²) in [4.78, 5) is 28.7. The Labute approximate surface area is 186 Å². The zero-order valence-corrected chi connectivity index (χ0v) is 18.3. The van der Waals surface area contributed by atoms with E-state index >= 15 is 0 Å². The molecule has 2 heterocycles. The fraction of sp³-hybridized carbons (Fsp3) is 0.333. The van der Waals surface area contributed by atoms with Crippen LogP contribution in [0, 0.1) is 0 Å². The van der Waals surface area contributed by atoms with Crippen LogP contribution in [0.5, 0.6) is 17.2 Å². The first-order chi connectivity index (χ1) is 15.4. The van der Waals surface area contributed by atoms with E-state index in [4.69, 9.17) is 14.2 Å². The maximum absolute atomic E-state index is 13.6. The quantitative estimate of drug-likeness (QED) is 0.383. The van der Waals surface area contributed by atoms with Gasteiger partial charge in [-0.05, 0) is 23.8 Å². The van der Waals surface area contributed by atoms with Crippen LogP contribution in [0.15, 0.2) is 48.0 Å². The molecule has 0 bridgehead atoms. The van der Waals surface area contributed by atoms with Gasteiger partial charge >= 0.3 is 0 Å². The van der Waals surface area contributed by atoms with Gasteiger partial charge in [-0.3, -0.25) is 9.59 Å². The number of hydrogen-bond acceptors (Lipinski definition) is 6. The summed E-state index contributed by atoms with van der Waals surface area (Å²) < 4.78 is 16.6. The Morgan fingerprint density at radius 3 is 2.56 bits per heavy atom. The SMILES string of the molecule is COc1ccccc1C1C(=C([O-])c2ccc3c(c2)OCCO3)C(=O)C(=O)N1CC[NH+](C)C. The zero-order valence-electron chi connectivity index (χ0n) is 18.3. The molecular weight excluding hydrogens is 412 g/mol. The maximum atomic E-state index is 13.6. The van der Waals surface area contributed by atoms with Gasteiger partial charge in [0.2, 0.25) is 5.78 Å². The summed E-state index contributed by atoms with van der Waals surface area (Å²) in [5, 5.41) is 13.6. The summed E-state index contributed by atoms with van der Waals surface area (Å²) in [6, 6.07) is 11.1. The number of carbonyl (C=O) groups excluding carboxylic acids is 2. The van der Waals surface area contributed by atoms with Crippen molar-refractivity contribution in [2.45, 2.75) is 6.04 Å². The van der Waals surface area contributed by atoms with Gasteiger partial charge < -0.3 is 29.1 Å². The molecular formula is C24H26N2O6.